The lowest BCUT2D eigenvalue weighted by Gasteiger charge is -2.25. The summed E-state index contributed by atoms with van der Waals surface area (Å²) >= 11 is 0. The van der Waals surface area contributed by atoms with E-state index < -0.39 is 0 Å². The van der Waals surface area contributed by atoms with Gasteiger partial charge in [0.15, 0.2) is 5.82 Å². The van der Waals surface area contributed by atoms with Crippen molar-refractivity contribution in [1.82, 2.24) is 20.1 Å². The summed E-state index contributed by atoms with van der Waals surface area (Å²) in [4.78, 5) is 17.9. The SMILES string of the molecule is Cc1nc(CN(C)C(=O)CC2(N)CCCC2)n[nH]1. The number of aryl methyl sites for hydroxylation is 1. The number of nitrogens with zero attached hydrogens (tertiary/aromatic N) is 3. The number of hydrogen-bond donors (Lipinski definition) is 2. The molecule has 6 nitrogen and oxygen atoms in total. The summed E-state index contributed by atoms with van der Waals surface area (Å²) in [6.45, 7) is 2.27. The lowest BCUT2D eigenvalue weighted by molar-refractivity contribution is -0.131. The van der Waals surface area contributed by atoms with Crippen LogP contribution in [0.1, 0.15) is 43.8 Å². The van der Waals surface area contributed by atoms with Gasteiger partial charge >= 0.3 is 0 Å². The number of H-pyrrole nitrogens is 1. The molecule has 1 aromatic rings. The molecule has 0 saturated heterocycles. The van der Waals surface area contributed by atoms with E-state index in [0.29, 0.717) is 18.8 Å². The third kappa shape index (κ3) is 3.07. The van der Waals surface area contributed by atoms with Crippen molar-refractivity contribution in [3.63, 3.8) is 0 Å². The summed E-state index contributed by atoms with van der Waals surface area (Å²) in [5, 5.41) is 6.80. The van der Waals surface area contributed by atoms with Gasteiger partial charge in [0.1, 0.15) is 5.82 Å². The molecule has 18 heavy (non-hydrogen) atoms. The Morgan fingerprint density at radius 2 is 2.17 bits per heavy atom. The molecule has 0 atom stereocenters. The molecule has 100 valence electrons. The molecule has 3 N–H and O–H groups in total. The molecule has 1 aliphatic carbocycles. The van der Waals surface area contributed by atoms with Crippen molar-refractivity contribution >= 4 is 5.91 Å². The van der Waals surface area contributed by atoms with E-state index in [1.807, 2.05) is 6.92 Å². The van der Waals surface area contributed by atoms with Crippen molar-refractivity contribution in [2.75, 3.05) is 7.05 Å². The molecule has 1 aliphatic rings. The third-order valence-corrected chi connectivity index (χ3v) is 3.55. The number of carbonyl (C=O) groups excluding carboxylic acids is 1. The molecule has 0 aliphatic heterocycles. The molecule has 0 bridgehead atoms. The Bertz CT molecular complexity index is 422. The van der Waals surface area contributed by atoms with Gasteiger partial charge in [0.05, 0.1) is 6.54 Å². The molecular formula is C12H21N5O. The lowest BCUT2D eigenvalue weighted by Crippen LogP contribution is -2.42. The number of rotatable bonds is 4. The second-order valence-electron chi connectivity index (χ2n) is 5.33. The Balaban J connectivity index is 1.88. The zero-order valence-corrected chi connectivity index (χ0v) is 11.1. The summed E-state index contributed by atoms with van der Waals surface area (Å²) < 4.78 is 0. The maximum Gasteiger partial charge on any atom is 0.224 e. The molecule has 1 heterocycles. The van der Waals surface area contributed by atoms with Gasteiger partial charge in [-0.1, -0.05) is 12.8 Å². The van der Waals surface area contributed by atoms with Crippen LogP contribution in [-0.4, -0.2) is 38.6 Å². The molecule has 1 amide bonds. The zero-order chi connectivity index (χ0) is 13.2. The van der Waals surface area contributed by atoms with Crippen LogP contribution < -0.4 is 5.73 Å². The zero-order valence-electron chi connectivity index (χ0n) is 11.1. The molecular weight excluding hydrogens is 230 g/mol. The fraction of sp³-hybridized carbons (Fsp3) is 0.750. The average Bonchev–Trinajstić information content (AvgIpc) is 2.88. The number of aromatic amines is 1. The second-order valence-corrected chi connectivity index (χ2v) is 5.33. The van der Waals surface area contributed by atoms with E-state index in [4.69, 9.17) is 5.73 Å². The molecule has 2 rings (SSSR count). The van der Waals surface area contributed by atoms with Crippen LogP contribution in [0.5, 0.6) is 0 Å². The molecule has 0 spiro atoms. The van der Waals surface area contributed by atoms with Crippen LogP contribution in [0.15, 0.2) is 0 Å². The van der Waals surface area contributed by atoms with Crippen LogP contribution in [0.3, 0.4) is 0 Å². The van der Waals surface area contributed by atoms with Crippen LogP contribution in [0.2, 0.25) is 0 Å². The molecule has 0 aromatic carbocycles. The molecule has 1 fully saturated rings. The molecule has 0 radical (unpaired) electrons. The van der Waals surface area contributed by atoms with Crippen molar-refractivity contribution in [3.05, 3.63) is 11.6 Å². The highest BCUT2D eigenvalue weighted by atomic mass is 16.2. The quantitative estimate of drug-likeness (QED) is 0.826. The predicted molar refractivity (Wildman–Crippen MR) is 67.6 cm³/mol. The first kappa shape index (κ1) is 13.0. The maximum absolute atomic E-state index is 12.1. The van der Waals surface area contributed by atoms with Crippen molar-refractivity contribution in [2.24, 2.45) is 5.73 Å². The van der Waals surface area contributed by atoms with E-state index in [2.05, 4.69) is 15.2 Å². The first-order valence-corrected chi connectivity index (χ1v) is 6.39. The first-order chi connectivity index (χ1) is 8.48. The van der Waals surface area contributed by atoms with Gasteiger partial charge in [-0.2, -0.15) is 5.10 Å². The third-order valence-electron chi connectivity index (χ3n) is 3.55. The number of nitrogens with two attached hydrogens (primary N) is 1. The van der Waals surface area contributed by atoms with Gasteiger partial charge in [-0.25, -0.2) is 4.98 Å². The smallest absolute Gasteiger partial charge is 0.224 e. The Hall–Kier alpha value is -1.43. The Morgan fingerprint density at radius 1 is 1.50 bits per heavy atom. The van der Waals surface area contributed by atoms with Gasteiger partial charge in [0, 0.05) is 19.0 Å². The summed E-state index contributed by atoms with van der Waals surface area (Å²) in [5.74, 6) is 1.47. The number of amides is 1. The Labute approximate surface area is 107 Å². The van der Waals surface area contributed by atoms with Gasteiger partial charge in [0.2, 0.25) is 5.91 Å². The van der Waals surface area contributed by atoms with Crippen molar-refractivity contribution in [1.29, 1.82) is 0 Å². The molecule has 1 saturated carbocycles. The largest absolute Gasteiger partial charge is 0.338 e. The predicted octanol–water partition coefficient (Wildman–Crippen LogP) is 0.733. The fourth-order valence-electron chi connectivity index (χ4n) is 2.45. The van der Waals surface area contributed by atoms with E-state index in [0.717, 1.165) is 31.5 Å². The van der Waals surface area contributed by atoms with E-state index in [-0.39, 0.29) is 11.4 Å². The number of hydrogen-bond acceptors (Lipinski definition) is 4. The minimum atomic E-state index is -0.291. The minimum Gasteiger partial charge on any atom is -0.338 e. The van der Waals surface area contributed by atoms with Gasteiger partial charge in [-0.05, 0) is 19.8 Å². The highest BCUT2D eigenvalue weighted by molar-refractivity contribution is 5.77. The number of nitrogens with one attached hydrogen (secondary N) is 1. The van der Waals surface area contributed by atoms with Crippen LogP contribution >= 0.6 is 0 Å². The summed E-state index contributed by atoms with van der Waals surface area (Å²) in [6, 6.07) is 0. The summed E-state index contributed by atoms with van der Waals surface area (Å²) in [7, 11) is 1.77. The van der Waals surface area contributed by atoms with Gasteiger partial charge in [-0.15, -0.1) is 0 Å². The van der Waals surface area contributed by atoms with Crippen molar-refractivity contribution < 1.29 is 4.79 Å². The highest BCUT2D eigenvalue weighted by Crippen LogP contribution is 2.30. The minimum absolute atomic E-state index is 0.0712. The van der Waals surface area contributed by atoms with E-state index >= 15 is 0 Å². The summed E-state index contributed by atoms with van der Waals surface area (Å²) in [6.07, 6.45) is 4.59. The van der Waals surface area contributed by atoms with E-state index in [1.165, 1.54) is 0 Å². The molecule has 0 unspecified atom stereocenters. The molecule has 6 heteroatoms. The number of aromatic nitrogens is 3. The molecule has 1 aromatic heterocycles. The topological polar surface area (TPSA) is 87.9 Å². The highest BCUT2D eigenvalue weighted by Gasteiger charge is 2.32. The Kier molecular flexibility index (Phi) is 3.65. The fourth-order valence-corrected chi connectivity index (χ4v) is 2.45. The maximum atomic E-state index is 12.1. The van der Waals surface area contributed by atoms with Gasteiger partial charge in [0.25, 0.3) is 0 Å². The van der Waals surface area contributed by atoms with Gasteiger partial charge < -0.3 is 10.6 Å². The average molecular weight is 251 g/mol. The van der Waals surface area contributed by atoms with Crippen molar-refractivity contribution in [2.45, 2.75) is 51.1 Å². The normalized spacial score (nSPS) is 17.9. The second kappa shape index (κ2) is 5.06. The first-order valence-electron chi connectivity index (χ1n) is 6.39. The van der Waals surface area contributed by atoms with Crippen molar-refractivity contribution in [3.8, 4) is 0 Å². The van der Waals surface area contributed by atoms with Crippen LogP contribution in [0, 0.1) is 6.92 Å². The van der Waals surface area contributed by atoms with Crippen LogP contribution in [-0.2, 0) is 11.3 Å². The van der Waals surface area contributed by atoms with E-state index in [9.17, 15) is 4.79 Å². The van der Waals surface area contributed by atoms with E-state index in [1.54, 1.807) is 11.9 Å². The van der Waals surface area contributed by atoms with Crippen LogP contribution in [0.25, 0.3) is 0 Å². The van der Waals surface area contributed by atoms with Crippen LogP contribution in [0.4, 0.5) is 0 Å². The standard InChI is InChI=1S/C12H21N5O/c1-9-14-10(16-15-9)8-17(2)11(18)7-12(13)5-3-4-6-12/h3-8,13H2,1-2H3,(H,14,15,16). The van der Waals surface area contributed by atoms with Gasteiger partial charge in [-0.3, -0.25) is 9.89 Å². The lowest BCUT2D eigenvalue weighted by atomic mass is 9.94. The monoisotopic (exact) mass is 251 g/mol. The summed E-state index contributed by atoms with van der Waals surface area (Å²) in [5.41, 5.74) is 5.92. The Morgan fingerprint density at radius 3 is 2.72 bits per heavy atom. The number of carbonyl (C=O) groups is 1.